The van der Waals surface area contributed by atoms with E-state index in [4.69, 9.17) is 4.74 Å². The van der Waals surface area contributed by atoms with Gasteiger partial charge >= 0.3 is 12.4 Å². The van der Waals surface area contributed by atoms with Crippen LogP contribution in [-0.4, -0.2) is 26.7 Å². The van der Waals surface area contributed by atoms with Gasteiger partial charge in [0.25, 0.3) is 0 Å². The van der Waals surface area contributed by atoms with Crippen molar-refractivity contribution in [2.75, 3.05) is 14.2 Å². The molecular weight excluding hydrogens is 148 g/mol. The lowest BCUT2D eigenvalue weighted by molar-refractivity contribution is -0.255. The third-order valence-corrected chi connectivity index (χ3v) is 1.07. The third kappa shape index (κ3) is 4.75. The molecule has 0 atom stereocenters. The van der Waals surface area contributed by atoms with Crippen LogP contribution < -0.4 is 0 Å². The summed E-state index contributed by atoms with van der Waals surface area (Å²) in [6.45, 7) is 1.03. The SMILES string of the molecule is CCCC(=O)OC(OC)OC. The maximum atomic E-state index is 10.8. The summed E-state index contributed by atoms with van der Waals surface area (Å²) in [6.07, 6.45) is 1.15. The summed E-state index contributed by atoms with van der Waals surface area (Å²) in [5, 5.41) is 0. The first-order valence-electron chi connectivity index (χ1n) is 3.49. The van der Waals surface area contributed by atoms with Crippen molar-refractivity contribution in [3.8, 4) is 0 Å². The van der Waals surface area contributed by atoms with E-state index in [1.54, 1.807) is 0 Å². The summed E-state index contributed by atoms with van der Waals surface area (Å²) in [5.41, 5.74) is 0. The molecule has 0 bridgehead atoms. The fourth-order valence-corrected chi connectivity index (χ4v) is 0.563. The molecule has 0 radical (unpaired) electrons. The van der Waals surface area contributed by atoms with Crippen LogP contribution in [0.5, 0.6) is 0 Å². The minimum absolute atomic E-state index is 0.304. The lowest BCUT2D eigenvalue weighted by Crippen LogP contribution is -2.21. The third-order valence-electron chi connectivity index (χ3n) is 1.07. The van der Waals surface area contributed by atoms with Gasteiger partial charge in [0.15, 0.2) is 0 Å². The molecule has 0 saturated heterocycles. The number of rotatable bonds is 5. The molecule has 0 aliphatic carbocycles. The molecular formula is C7H14O4. The van der Waals surface area contributed by atoms with Crippen molar-refractivity contribution >= 4 is 5.97 Å². The van der Waals surface area contributed by atoms with Crippen molar-refractivity contribution < 1.29 is 19.0 Å². The largest absolute Gasteiger partial charge is 0.410 e. The Morgan fingerprint density at radius 2 is 1.91 bits per heavy atom. The molecule has 0 N–H and O–H groups in total. The molecule has 0 fully saturated rings. The fraction of sp³-hybridized carbons (Fsp3) is 0.857. The van der Waals surface area contributed by atoms with Crippen molar-refractivity contribution in [3.63, 3.8) is 0 Å². The number of carbonyl (C=O) groups is 1. The van der Waals surface area contributed by atoms with E-state index in [2.05, 4.69) is 9.47 Å². The van der Waals surface area contributed by atoms with Crippen molar-refractivity contribution in [1.29, 1.82) is 0 Å². The number of carbonyl (C=O) groups excluding carboxylic acids is 1. The highest BCUT2D eigenvalue weighted by atomic mass is 16.8. The molecule has 4 heteroatoms. The van der Waals surface area contributed by atoms with E-state index in [0.717, 1.165) is 6.42 Å². The molecule has 66 valence electrons. The summed E-state index contributed by atoms with van der Waals surface area (Å²) < 4.78 is 14.0. The van der Waals surface area contributed by atoms with Crippen LogP contribution in [-0.2, 0) is 19.0 Å². The van der Waals surface area contributed by atoms with Crippen LogP contribution in [0.3, 0.4) is 0 Å². The molecule has 0 aromatic heterocycles. The molecule has 0 aromatic carbocycles. The predicted octanol–water partition coefficient (Wildman–Crippen LogP) is 0.906. The summed E-state index contributed by atoms with van der Waals surface area (Å²) >= 11 is 0. The van der Waals surface area contributed by atoms with Crippen LogP contribution in [0.4, 0.5) is 0 Å². The molecule has 0 unspecified atom stereocenters. The number of hydrogen-bond acceptors (Lipinski definition) is 4. The summed E-state index contributed by atoms with van der Waals surface area (Å²) in [6, 6.07) is 0. The molecule has 0 heterocycles. The summed E-state index contributed by atoms with van der Waals surface area (Å²) in [5.74, 6) is -0.304. The number of esters is 1. The van der Waals surface area contributed by atoms with Gasteiger partial charge in [0.1, 0.15) is 0 Å². The summed E-state index contributed by atoms with van der Waals surface area (Å²) in [4.78, 5) is 10.8. The van der Waals surface area contributed by atoms with Crippen LogP contribution in [0.1, 0.15) is 19.8 Å². The normalized spacial score (nSPS) is 10.2. The van der Waals surface area contributed by atoms with Crippen molar-refractivity contribution in [1.82, 2.24) is 0 Å². The first kappa shape index (κ1) is 10.4. The van der Waals surface area contributed by atoms with Crippen molar-refractivity contribution in [3.05, 3.63) is 0 Å². The Morgan fingerprint density at radius 1 is 1.36 bits per heavy atom. The molecule has 0 saturated carbocycles. The average molecular weight is 162 g/mol. The van der Waals surface area contributed by atoms with Gasteiger partial charge in [-0.25, -0.2) is 0 Å². The average Bonchev–Trinajstić information content (AvgIpc) is 2.01. The zero-order valence-electron chi connectivity index (χ0n) is 7.12. The lowest BCUT2D eigenvalue weighted by atomic mass is 10.3. The van der Waals surface area contributed by atoms with Gasteiger partial charge in [-0.05, 0) is 6.42 Å². The second-order valence-corrected chi connectivity index (χ2v) is 2.00. The second-order valence-electron chi connectivity index (χ2n) is 2.00. The van der Waals surface area contributed by atoms with Crippen LogP contribution >= 0.6 is 0 Å². The monoisotopic (exact) mass is 162 g/mol. The first-order valence-corrected chi connectivity index (χ1v) is 3.49. The molecule has 0 amide bonds. The van der Waals surface area contributed by atoms with Gasteiger partial charge in [0.2, 0.25) is 0 Å². The van der Waals surface area contributed by atoms with E-state index in [9.17, 15) is 4.79 Å². The molecule has 0 aliphatic heterocycles. The van der Waals surface area contributed by atoms with E-state index in [1.807, 2.05) is 6.92 Å². The Morgan fingerprint density at radius 3 is 2.27 bits per heavy atom. The van der Waals surface area contributed by atoms with Gasteiger partial charge in [0.05, 0.1) is 0 Å². The zero-order valence-corrected chi connectivity index (χ0v) is 7.12. The van der Waals surface area contributed by atoms with Crippen molar-refractivity contribution in [2.45, 2.75) is 26.2 Å². The molecule has 11 heavy (non-hydrogen) atoms. The Balaban J connectivity index is 3.54. The molecule has 0 spiro atoms. The van der Waals surface area contributed by atoms with Gasteiger partial charge in [-0.15, -0.1) is 0 Å². The van der Waals surface area contributed by atoms with Gasteiger partial charge in [0, 0.05) is 20.6 Å². The Hall–Kier alpha value is -0.610. The molecule has 4 nitrogen and oxygen atoms in total. The summed E-state index contributed by atoms with van der Waals surface area (Å²) in [7, 11) is 2.82. The predicted molar refractivity (Wildman–Crippen MR) is 38.8 cm³/mol. The first-order chi connectivity index (χ1) is 5.24. The highest BCUT2D eigenvalue weighted by Gasteiger charge is 2.10. The molecule has 0 rings (SSSR count). The van der Waals surface area contributed by atoms with E-state index in [-0.39, 0.29) is 5.97 Å². The second kappa shape index (κ2) is 6.12. The highest BCUT2D eigenvalue weighted by molar-refractivity contribution is 5.69. The Labute approximate surface area is 66.4 Å². The number of hydrogen-bond donors (Lipinski definition) is 0. The lowest BCUT2D eigenvalue weighted by Gasteiger charge is -2.12. The van der Waals surface area contributed by atoms with Crippen LogP contribution in [0.25, 0.3) is 0 Å². The number of ether oxygens (including phenoxy) is 3. The highest BCUT2D eigenvalue weighted by Crippen LogP contribution is 1.98. The standard InChI is InChI=1S/C7H14O4/c1-4-5-6(8)11-7(9-2)10-3/h7H,4-5H2,1-3H3. The van der Waals surface area contributed by atoms with Crippen LogP contribution in [0, 0.1) is 0 Å². The number of methoxy groups -OCH3 is 2. The minimum Gasteiger partial charge on any atom is -0.410 e. The zero-order chi connectivity index (χ0) is 8.69. The van der Waals surface area contributed by atoms with Gasteiger partial charge in [-0.3, -0.25) is 4.79 Å². The minimum atomic E-state index is -0.867. The van der Waals surface area contributed by atoms with E-state index < -0.39 is 6.48 Å². The van der Waals surface area contributed by atoms with Crippen LogP contribution in [0.15, 0.2) is 0 Å². The van der Waals surface area contributed by atoms with E-state index >= 15 is 0 Å². The van der Waals surface area contributed by atoms with Gasteiger partial charge < -0.3 is 14.2 Å². The molecule has 0 aromatic rings. The maximum Gasteiger partial charge on any atom is 0.317 e. The Bertz CT molecular complexity index is 109. The van der Waals surface area contributed by atoms with Gasteiger partial charge in [-0.2, -0.15) is 0 Å². The van der Waals surface area contributed by atoms with Crippen molar-refractivity contribution in [2.24, 2.45) is 0 Å². The van der Waals surface area contributed by atoms with E-state index in [0.29, 0.717) is 6.42 Å². The quantitative estimate of drug-likeness (QED) is 0.445. The topological polar surface area (TPSA) is 44.8 Å². The van der Waals surface area contributed by atoms with E-state index in [1.165, 1.54) is 14.2 Å². The Kier molecular flexibility index (Phi) is 5.78. The van der Waals surface area contributed by atoms with Gasteiger partial charge in [-0.1, -0.05) is 6.92 Å². The van der Waals surface area contributed by atoms with Crippen LogP contribution in [0.2, 0.25) is 0 Å². The maximum absolute atomic E-state index is 10.8. The smallest absolute Gasteiger partial charge is 0.317 e. The fourth-order valence-electron chi connectivity index (χ4n) is 0.563. The molecule has 0 aliphatic rings.